The van der Waals surface area contributed by atoms with Crippen molar-refractivity contribution in [1.29, 1.82) is 0 Å². The average Bonchev–Trinajstić information content (AvgIpc) is 3.07. The Balaban J connectivity index is 1.96. The van der Waals surface area contributed by atoms with E-state index < -0.39 is 5.54 Å². The molecule has 2 rings (SSSR count). The fourth-order valence-electron chi connectivity index (χ4n) is 1.83. The molecular weight excluding hydrogens is 212 g/mol. The summed E-state index contributed by atoms with van der Waals surface area (Å²) in [4.78, 5) is 11.8. The van der Waals surface area contributed by atoms with Gasteiger partial charge in [-0.05, 0) is 18.4 Å². The SMILES string of the molecule is CC(C)(CNC(=O)C1(N)CC1)c1ccccc1. The fourth-order valence-corrected chi connectivity index (χ4v) is 1.83. The lowest BCUT2D eigenvalue weighted by Crippen LogP contribution is -2.46. The van der Waals surface area contributed by atoms with Crippen LogP contribution in [0.4, 0.5) is 0 Å². The van der Waals surface area contributed by atoms with E-state index in [9.17, 15) is 4.79 Å². The Hall–Kier alpha value is -1.35. The molecule has 1 saturated carbocycles. The number of carbonyl (C=O) groups is 1. The van der Waals surface area contributed by atoms with Crippen molar-refractivity contribution < 1.29 is 4.79 Å². The van der Waals surface area contributed by atoms with E-state index in [1.54, 1.807) is 0 Å². The summed E-state index contributed by atoms with van der Waals surface area (Å²) < 4.78 is 0. The normalized spacial score (nSPS) is 17.6. The number of nitrogens with one attached hydrogen (secondary N) is 1. The Kier molecular flexibility index (Phi) is 2.96. The van der Waals surface area contributed by atoms with Gasteiger partial charge in [-0.25, -0.2) is 0 Å². The van der Waals surface area contributed by atoms with E-state index in [1.807, 2.05) is 18.2 Å². The van der Waals surface area contributed by atoms with E-state index in [1.165, 1.54) is 5.56 Å². The van der Waals surface area contributed by atoms with E-state index in [0.29, 0.717) is 6.54 Å². The lowest BCUT2D eigenvalue weighted by molar-refractivity contribution is -0.123. The largest absolute Gasteiger partial charge is 0.354 e. The van der Waals surface area contributed by atoms with Gasteiger partial charge in [-0.1, -0.05) is 44.2 Å². The first-order chi connectivity index (χ1) is 7.94. The lowest BCUT2D eigenvalue weighted by Gasteiger charge is -2.26. The first kappa shape index (κ1) is 12.1. The number of amides is 1. The van der Waals surface area contributed by atoms with Crippen LogP contribution in [0.3, 0.4) is 0 Å². The van der Waals surface area contributed by atoms with Crippen molar-refractivity contribution in [1.82, 2.24) is 5.32 Å². The molecule has 1 aromatic carbocycles. The van der Waals surface area contributed by atoms with Crippen molar-refractivity contribution in [2.75, 3.05) is 6.54 Å². The van der Waals surface area contributed by atoms with Crippen LogP contribution in [0.2, 0.25) is 0 Å². The molecule has 17 heavy (non-hydrogen) atoms. The molecule has 0 bridgehead atoms. The molecule has 1 aliphatic carbocycles. The number of hydrogen-bond acceptors (Lipinski definition) is 2. The standard InChI is InChI=1S/C14H20N2O/c1-13(2,11-6-4-3-5-7-11)10-16-12(17)14(15)8-9-14/h3-7H,8-10,15H2,1-2H3,(H,16,17). The Morgan fingerprint density at radius 1 is 1.35 bits per heavy atom. The van der Waals surface area contributed by atoms with Crippen LogP contribution in [-0.2, 0) is 10.2 Å². The van der Waals surface area contributed by atoms with Gasteiger partial charge in [0.1, 0.15) is 0 Å². The fraction of sp³-hybridized carbons (Fsp3) is 0.500. The number of rotatable bonds is 4. The maximum Gasteiger partial charge on any atom is 0.240 e. The van der Waals surface area contributed by atoms with Gasteiger partial charge in [0.15, 0.2) is 0 Å². The van der Waals surface area contributed by atoms with Crippen LogP contribution >= 0.6 is 0 Å². The molecule has 0 heterocycles. The number of nitrogens with two attached hydrogens (primary N) is 1. The minimum Gasteiger partial charge on any atom is -0.354 e. The average molecular weight is 232 g/mol. The lowest BCUT2D eigenvalue weighted by atomic mass is 9.84. The summed E-state index contributed by atoms with van der Waals surface area (Å²) in [5, 5.41) is 2.96. The third-order valence-electron chi connectivity index (χ3n) is 3.49. The zero-order valence-electron chi connectivity index (χ0n) is 10.5. The quantitative estimate of drug-likeness (QED) is 0.828. The second kappa shape index (κ2) is 4.15. The molecular formula is C14H20N2O. The van der Waals surface area contributed by atoms with Crippen LogP contribution in [0.1, 0.15) is 32.3 Å². The first-order valence-electron chi connectivity index (χ1n) is 6.07. The molecule has 1 fully saturated rings. The third kappa shape index (κ3) is 2.67. The predicted octanol–water partition coefficient (Wildman–Crippen LogP) is 1.57. The summed E-state index contributed by atoms with van der Waals surface area (Å²) >= 11 is 0. The molecule has 1 aliphatic rings. The van der Waals surface area contributed by atoms with Crippen molar-refractivity contribution in [3.63, 3.8) is 0 Å². The molecule has 0 aromatic heterocycles. The highest BCUT2D eigenvalue weighted by molar-refractivity contribution is 5.89. The highest BCUT2D eigenvalue weighted by atomic mass is 16.2. The van der Waals surface area contributed by atoms with Gasteiger partial charge in [-0.15, -0.1) is 0 Å². The second-order valence-electron chi connectivity index (χ2n) is 5.59. The van der Waals surface area contributed by atoms with Crippen molar-refractivity contribution >= 4 is 5.91 Å². The van der Waals surface area contributed by atoms with Crippen molar-refractivity contribution in [2.45, 2.75) is 37.6 Å². The van der Waals surface area contributed by atoms with Gasteiger partial charge in [0, 0.05) is 12.0 Å². The molecule has 0 unspecified atom stereocenters. The highest BCUT2D eigenvalue weighted by Gasteiger charge is 2.46. The maximum absolute atomic E-state index is 11.8. The Morgan fingerprint density at radius 2 is 1.94 bits per heavy atom. The Morgan fingerprint density at radius 3 is 2.47 bits per heavy atom. The van der Waals surface area contributed by atoms with Gasteiger partial charge in [0.05, 0.1) is 5.54 Å². The molecule has 1 aromatic rings. The van der Waals surface area contributed by atoms with Crippen LogP contribution in [-0.4, -0.2) is 18.0 Å². The third-order valence-corrected chi connectivity index (χ3v) is 3.49. The minimum atomic E-state index is -0.577. The molecule has 0 saturated heterocycles. The Bertz CT molecular complexity index is 407. The topological polar surface area (TPSA) is 55.1 Å². The zero-order valence-corrected chi connectivity index (χ0v) is 10.5. The van der Waals surface area contributed by atoms with Crippen LogP contribution in [0.5, 0.6) is 0 Å². The van der Waals surface area contributed by atoms with E-state index in [2.05, 4.69) is 31.3 Å². The van der Waals surface area contributed by atoms with E-state index in [0.717, 1.165) is 12.8 Å². The number of carbonyl (C=O) groups excluding carboxylic acids is 1. The van der Waals surface area contributed by atoms with E-state index in [-0.39, 0.29) is 11.3 Å². The van der Waals surface area contributed by atoms with Crippen LogP contribution in [0, 0.1) is 0 Å². The summed E-state index contributed by atoms with van der Waals surface area (Å²) in [6, 6.07) is 10.2. The van der Waals surface area contributed by atoms with Crippen LogP contribution in [0.15, 0.2) is 30.3 Å². The van der Waals surface area contributed by atoms with Gasteiger partial charge in [-0.2, -0.15) is 0 Å². The molecule has 92 valence electrons. The zero-order chi connectivity index (χ0) is 12.5. The van der Waals surface area contributed by atoms with Gasteiger partial charge in [0.25, 0.3) is 0 Å². The van der Waals surface area contributed by atoms with Gasteiger partial charge in [0.2, 0.25) is 5.91 Å². The summed E-state index contributed by atoms with van der Waals surface area (Å²) in [6.07, 6.45) is 1.62. The monoisotopic (exact) mass is 232 g/mol. The van der Waals surface area contributed by atoms with E-state index >= 15 is 0 Å². The van der Waals surface area contributed by atoms with Crippen LogP contribution < -0.4 is 11.1 Å². The molecule has 0 spiro atoms. The minimum absolute atomic E-state index is 0.0125. The summed E-state index contributed by atoms with van der Waals surface area (Å²) in [6.45, 7) is 4.87. The predicted molar refractivity (Wildman–Crippen MR) is 68.6 cm³/mol. The van der Waals surface area contributed by atoms with Gasteiger partial charge >= 0.3 is 0 Å². The van der Waals surface area contributed by atoms with E-state index in [4.69, 9.17) is 5.73 Å². The molecule has 0 aliphatic heterocycles. The summed E-state index contributed by atoms with van der Waals surface area (Å²) in [5.74, 6) is -0.0125. The number of hydrogen-bond donors (Lipinski definition) is 2. The summed E-state index contributed by atoms with van der Waals surface area (Å²) in [5.41, 5.74) is 6.43. The number of benzene rings is 1. The second-order valence-corrected chi connectivity index (χ2v) is 5.59. The van der Waals surface area contributed by atoms with Crippen LogP contribution in [0.25, 0.3) is 0 Å². The van der Waals surface area contributed by atoms with Gasteiger partial charge < -0.3 is 11.1 Å². The Labute approximate surface area is 102 Å². The molecule has 0 atom stereocenters. The smallest absolute Gasteiger partial charge is 0.240 e. The van der Waals surface area contributed by atoms with Crippen molar-refractivity contribution in [3.05, 3.63) is 35.9 Å². The van der Waals surface area contributed by atoms with Gasteiger partial charge in [-0.3, -0.25) is 4.79 Å². The molecule has 3 nitrogen and oxygen atoms in total. The molecule has 3 N–H and O–H groups in total. The summed E-state index contributed by atoms with van der Waals surface area (Å²) in [7, 11) is 0. The highest BCUT2D eigenvalue weighted by Crippen LogP contribution is 2.32. The maximum atomic E-state index is 11.8. The molecule has 3 heteroatoms. The first-order valence-corrected chi connectivity index (χ1v) is 6.07. The molecule has 0 radical (unpaired) electrons. The molecule has 1 amide bonds. The van der Waals surface area contributed by atoms with Crippen molar-refractivity contribution in [2.24, 2.45) is 5.73 Å². The van der Waals surface area contributed by atoms with Crippen molar-refractivity contribution in [3.8, 4) is 0 Å².